The molecule has 6 nitrogen and oxygen atoms in total. The number of benzene rings is 1. The van der Waals surface area contributed by atoms with Crippen LogP contribution in [0.5, 0.6) is 0 Å². The normalized spacial score (nSPS) is 11.2. The van der Waals surface area contributed by atoms with Gasteiger partial charge in [0, 0.05) is 11.3 Å². The number of alkyl halides is 1. The van der Waals surface area contributed by atoms with E-state index in [2.05, 4.69) is 15.5 Å². The summed E-state index contributed by atoms with van der Waals surface area (Å²) < 4.78 is 1.49. The molecule has 2 N–H and O–H groups in total. The monoisotopic (exact) mass is 261 g/mol. The summed E-state index contributed by atoms with van der Waals surface area (Å²) in [5.74, 6) is -0.157. The molecule has 0 spiro atoms. The molecule has 3 rings (SSSR count). The van der Waals surface area contributed by atoms with Crippen LogP contribution in [-0.4, -0.2) is 25.9 Å². The van der Waals surface area contributed by atoms with Gasteiger partial charge in [-0.15, -0.1) is 16.7 Å². The van der Waals surface area contributed by atoms with Gasteiger partial charge in [0.05, 0.1) is 11.1 Å². The molecule has 0 saturated heterocycles. The van der Waals surface area contributed by atoms with Gasteiger partial charge in [-0.3, -0.25) is 4.79 Å². The van der Waals surface area contributed by atoms with Crippen molar-refractivity contribution in [3.05, 3.63) is 35.4 Å². The van der Waals surface area contributed by atoms with Crippen LogP contribution >= 0.6 is 11.6 Å². The molecular formula is C11H8ClN5O. The van der Waals surface area contributed by atoms with E-state index in [1.54, 1.807) is 6.07 Å². The van der Waals surface area contributed by atoms with Crippen LogP contribution in [-0.2, 0) is 5.88 Å². The fourth-order valence-electron chi connectivity index (χ4n) is 1.90. The first-order chi connectivity index (χ1) is 8.70. The molecule has 18 heavy (non-hydrogen) atoms. The molecule has 3 aromatic rings. The molecule has 0 bridgehead atoms. The van der Waals surface area contributed by atoms with E-state index in [4.69, 9.17) is 17.3 Å². The lowest BCUT2D eigenvalue weighted by atomic mass is 10.1. The van der Waals surface area contributed by atoms with E-state index in [0.29, 0.717) is 17.1 Å². The number of carbonyl (C=O) groups excluding carboxylic acids is 1. The van der Waals surface area contributed by atoms with E-state index in [9.17, 15) is 4.79 Å². The number of pyridine rings is 1. The zero-order valence-corrected chi connectivity index (χ0v) is 9.92. The number of nitrogens with two attached hydrogens (primary N) is 1. The van der Waals surface area contributed by atoms with Crippen molar-refractivity contribution in [1.82, 2.24) is 20.0 Å². The minimum atomic E-state index is -0.557. The van der Waals surface area contributed by atoms with Crippen molar-refractivity contribution in [3.8, 4) is 0 Å². The topological polar surface area (TPSA) is 86.2 Å². The number of rotatable bonds is 2. The minimum Gasteiger partial charge on any atom is -0.365 e. The highest BCUT2D eigenvalue weighted by Gasteiger charge is 2.13. The Morgan fingerprint density at radius 3 is 2.94 bits per heavy atom. The predicted molar refractivity (Wildman–Crippen MR) is 66.4 cm³/mol. The maximum absolute atomic E-state index is 11.4. The summed E-state index contributed by atoms with van der Waals surface area (Å²) >= 11 is 5.80. The van der Waals surface area contributed by atoms with Crippen molar-refractivity contribution < 1.29 is 4.79 Å². The van der Waals surface area contributed by atoms with Gasteiger partial charge in [0.2, 0.25) is 0 Å². The maximum Gasteiger partial charge on any atom is 0.252 e. The molecule has 90 valence electrons. The van der Waals surface area contributed by atoms with Crippen LogP contribution < -0.4 is 5.73 Å². The number of amides is 1. The second kappa shape index (κ2) is 3.92. The molecule has 7 heteroatoms. The Morgan fingerprint density at radius 1 is 1.39 bits per heavy atom. The van der Waals surface area contributed by atoms with E-state index < -0.39 is 5.91 Å². The number of nitrogens with zero attached hydrogens (tertiary/aromatic N) is 4. The second-order valence-electron chi connectivity index (χ2n) is 3.86. The lowest BCUT2D eigenvalue weighted by Crippen LogP contribution is -2.13. The molecule has 1 aromatic carbocycles. The van der Waals surface area contributed by atoms with Gasteiger partial charge in [0.15, 0.2) is 5.65 Å². The molecule has 0 fully saturated rings. The second-order valence-corrected chi connectivity index (χ2v) is 4.13. The zero-order valence-electron chi connectivity index (χ0n) is 9.17. The number of halogens is 1. The highest BCUT2D eigenvalue weighted by atomic mass is 35.5. The Morgan fingerprint density at radius 2 is 2.22 bits per heavy atom. The lowest BCUT2D eigenvalue weighted by molar-refractivity contribution is 0.100. The number of carbonyl (C=O) groups is 1. The summed E-state index contributed by atoms with van der Waals surface area (Å²) in [7, 11) is 0. The van der Waals surface area contributed by atoms with Crippen molar-refractivity contribution in [2.75, 3.05) is 0 Å². The average Bonchev–Trinajstić information content (AvgIpc) is 2.86. The van der Waals surface area contributed by atoms with Crippen molar-refractivity contribution >= 4 is 34.1 Å². The Hall–Kier alpha value is -2.21. The molecule has 2 aromatic heterocycles. The average molecular weight is 262 g/mol. The predicted octanol–water partition coefficient (Wildman–Crippen LogP) is 1.12. The number of primary amides is 1. The fraction of sp³-hybridized carbons (Fsp3) is 0.0909. The largest absolute Gasteiger partial charge is 0.365 e. The molecule has 1 amide bonds. The third kappa shape index (κ3) is 1.50. The third-order valence-electron chi connectivity index (χ3n) is 2.75. The summed E-state index contributed by atoms with van der Waals surface area (Å²) in [6, 6.07) is 7.31. The van der Waals surface area contributed by atoms with Gasteiger partial charge in [-0.25, -0.2) is 0 Å². The van der Waals surface area contributed by atoms with Gasteiger partial charge < -0.3 is 5.73 Å². The molecule has 0 atom stereocenters. The summed E-state index contributed by atoms with van der Waals surface area (Å²) in [6.07, 6.45) is 0. The van der Waals surface area contributed by atoms with E-state index in [1.807, 2.05) is 18.2 Å². The molecule has 0 aliphatic rings. The standard InChI is InChI=1S/C11H8ClN5O/c12-5-6-1-2-7-4-8(10(13)18)11-14-15-16-17(11)9(7)3-6/h1-4H,5H2,(H2,13,18). The number of tetrazole rings is 1. The smallest absolute Gasteiger partial charge is 0.252 e. The maximum atomic E-state index is 11.4. The van der Waals surface area contributed by atoms with Gasteiger partial charge in [0.25, 0.3) is 5.91 Å². The summed E-state index contributed by atoms with van der Waals surface area (Å²) in [5.41, 5.74) is 7.70. The molecule has 0 aliphatic heterocycles. The summed E-state index contributed by atoms with van der Waals surface area (Å²) in [5, 5.41) is 12.1. The van der Waals surface area contributed by atoms with Gasteiger partial charge in [-0.05, 0) is 28.1 Å². The van der Waals surface area contributed by atoms with Gasteiger partial charge in [-0.2, -0.15) is 4.52 Å². The van der Waals surface area contributed by atoms with Gasteiger partial charge in [0.1, 0.15) is 0 Å². The quantitative estimate of drug-likeness (QED) is 0.700. The van der Waals surface area contributed by atoms with Crippen LogP contribution in [0.3, 0.4) is 0 Å². The molecule has 0 aliphatic carbocycles. The molecular weight excluding hydrogens is 254 g/mol. The Balaban J connectivity index is 2.47. The van der Waals surface area contributed by atoms with Crippen LogP contribution in [0.15, 0.2) is 24.3 Å². The Kier molecular flexibility index (Phi) is 2.38. The van der Waals surface area contributed by atoms with Gasteiger partial charge >= 0.3 is 0 Å². The Bertz CT molecular complexity index is 767. The first-order valence-electron chi connectivity index (χ1n) is 5.20. The van der Waals surface area contributed by atoms with E-state index >= 15 is 0 Å². The van der Waals surface area contributed by atoms with Crippen molar-refractivity contribution in [1.29, 1.82) is 0 Å². The van der Waals surface area contributed by atoms with E-state index in [0.717, 1.165) is 16.5 Å². The Labute approximate surface area is 106 Å². The SMILES string of the molecule is NC(=O)c1cc2ccc(CCl)cc2n2nnnc12. The summed E-state index contributed by atoms with van der Waals surface area (Å²) in [6.45, 7) is 0. The number of fused-ring (bicyclic) bond motifs is 3. The number of hydrogen-bond donors (Lipinski definition) is 1. The van der Waals surface area contributed by atoms with Crippen LogP contribution in [0.1, 0.15) is 15.9 Å². The molecule has 0 saturated carbocycles. The molecule has 0 unspecified atom stereocenters. The minimum absolute atomic E-state index is 0.297. The van der Waals surface area contributed by atoms with Crippen molar-refractivity contribution in [2.24, 2.45) is 5.73 Å². The molecule has 2 heterocycles. The number of aromatic nitrogens is 4. The van der Waals surface area contributed by atoms with Crippen molar-refractivity contribution in [3.63, 3.8) is 0 Å². The highest BCUT2D eigenvalue weighted by Crippen LogP contribution is 2.20. The lowest BCUT2D eigenvalue weighted by Gasteiger charge is -2.05. The van der Waals surface area contributed by atoms with Gasteiger partial charge in [-0.1, -0.05) is 12.1 Å². The van der Waals surface area contributed by atoms with Crippen molar-refractivity contribution in [2.45, 2.75) is 5.88 Å². The first-order valence-corrected chi connectivity index (χ1v) is 5.73. The van der Waals surface area contributed by atoms with E-state index in [-0.39, 0.29) is 0 Å². The first kappa shape index (κ1) is 10.9. The number of hydrogen-bond acceptors (Lipinski definition) is 4. The van der Waals surface area contributed by atoms with Crippen LogP contribution in [0, 0.1) is 0 Å². The van der Waals surface area contributed by atoms with Crippen LogP contribution in [0.25, 0.3) is 16.6 Å². The van der Waals surface area contributed by atoms with Crippen LogP contribution in [0.4, 0.5) is 0 Å². The van der Waals surface area contributed by atoms with E-state index in [1.165, 1.54) is 4.52 Å². The molecule has 0 radical (unpaired) electrons. The third-order valence-corrected chi connectivity index (χ3v) is 3.06. The zero-order chi connectivity index (χ0) is 12.7. The van der Waals surface area contributed by atoms with Crippen LogP contribution in [0.2, 0.25) is 0 Å². The fourth-order valence-corrected chi connectivity index (χ4v) is 2.06. The highest BCUT2D eigenvalue weighted by molar-refractivity contribution is 6.17. The summed E-state index contributed by atoms with van der Waals surface area (Å²) in [4.78, 5) is 11.4.